The maximum atomic E-state index is 6.50. The molecule has 0 aliphatic rings. The average molecular weight is 843 g/mol. The predicted octanol–water partition coefficient (Wildman–Crippen LogP) is 12.1. The van der Waals surface area contributed by atoms with Crippen LogP contribution >= 0.6 is 0 Å². The molecule has 0 fully saturated rings. The summed E-state index contributed by atoms with van der Waals surface area (Å²) in [6, 6.07) is 40.1. The maximum absolute atomic E-state index is 6.50. The van der Waals surface area contributed by atoms with Gasteiger partial charge in [0, 0.05) is 22.3 Å². The van der Waals surface area contributed by atoms with Crippen LogP contribution in [0, 0.1) is 6.92 Å². The van der Waals surface area contributed by atoms with Crippen molar-refractivity contribution >= 4 is 71.3 Å². The van der Waals surface area contributed by atoms with Crippen LogP contribution in [0.25, 0.3) is 96.8 Å². The molecule has 0 bridgehead atoms. The van der Waals surface area contributed by atoms with Gasteiger partial charge in [-0.2, -0.15) is 0 Å². The Morgan fingerprint density at radius 1 is 0.677 bits per heavy atom. The molecule has 9 aromatic rings. The van der Waals surface area contributed by atoms with E-state index < -0.39 is 0 Å². The summed E-state index contributed by atoms with van der Waals surface area (Å²) in [6.45, 7) is 20.6. The zero-order valence-electron chi connectivity index (χ0n) is 36.6. The first kappa shape index (κ1) is 42.1. The minimum absolute atomic E-state index is 0.492. The van der Waals surface area contributed by atoms with Gasteiger partial charge < -0.3 is 4.42 Å². The SMILES string of the molecule is C=C/C=C\c1c(/C=C(\C=C)c2cccc(-c3nc4ccc(-c5nc(-c6ccccc6)nc(-c6ccccc6)n5)cc4o3)c2)c(BC)n(-c2ccc3oc(C(=C)/C=C\C=B/C)nc3c2)c1C. The summed E-state index contributed by atoms with van der Waals surface area (Å²) in [4.78, 5) is 24.4. The normalized spacial score (nSPS) is 11.9. The van der Waals surface area contributed by atoms with Crippen LogP contribution in [-0.4, -0.2) is 49.7 Å². The molecular formula is C55H44B2N6O2. The second-order valence-electron chi connectivity index (χ2n) is 15.3. The van der Waals surface area contributed by atoms with Crippen molar-refractivity contribution in [3.63, 3.8) is 0 Å². The third kappa shape index (κ3) is 8.62. The Morgan fingerprint density at radius 3 is 2.06 bits per heavy atom. The average Bonchev–Trinajstić information content (AvgIpc) is 4.06. The van der Waals surface area contributed by atoms with Crippen LogP contribution in [0.3, 0.4) is 0 Å². The van der Waals surface area contributed by atoms with Crippen molar-refractivity contribution in [1.82, 2.24) is 29.5 Å². The monoisotopic (exact) mass is 842 g/mol. The number of benzene rings is 5. The number of hydrogen-bond acceptors (Lipinski definition) is 7. The van der Waals surface area contributed by atoms with E-state index in [1.807, 2.05) is 141 Å². The van der Waals surface area contributed by atoms with E-state index in [4.69, 9.17) is 33.8 Å². The molecule has 0 atom stereocenters. The van der Waals surface area contributed by atoms with Crippen molar-refractivity contribution in [2.24, 2.45) is 0 Å². The van der Waals surface area contributed by atoms with Gasteiger partial charge in [-0.05, 0) is 47.5 Å². The van der Waals surface area contributed by atoms with Crippen molar-refractivity contribution in [1.29, 1.82) is 0 Å². The first-order valence-corrected chi connectivity index (χ1v) is 21.5. The van der Waals surface area contributed by atoms with Crippen molar-refractivity contribution in [2.75, 3.05) is 0 Å². The summed E-state index contributed by atoms with van der Waals surface area (Å²) >= 11 is 0. The molecule has 5 aromatic carbocycles. The van der Waals surface area contributed by atoms with Gasteiger partial charge in [0.2, 0.25) is 5.89 Å². The van der Waals surface area contributed by atoms with Gasteiger partial charge in [-0.15, -0.1) is 0 Å². The van der Waals surface area contributed by atoms with Gasteiger partial charge in [0.25, 0.3) is 0 Å². The molecule has 8 nitrogen and oxygen atoms in total. The third-order valence-corrected chi connectivity index (χ3v) is 11.1. The van der Waals surface area contributed by atoms with Gasteiger partial charge in [0.05, 0.1) is 0 Å². The van der Waals surface area contributed by atoms with Gasteiger partial charge >= 0.3 is 135 Å². The van der Waals surface area contributed by atoms with Crippen LogP contribution in [0.5, 0.6) is 0 Å². The zero-order valence-corrected chi connectivity index (χ0v) is 36.6. The number of rotatable bonds is 14. The van der Waals surface area contributed by atoms with Crippen LogP contribution in [-0.2, 0) is 0 Å². The van der Waals surface area contributed by atoms with Crippen molar-refractivity contribution in [3.05, 3.63) is 200 Å². The fraction of sp³-hybridized carbons (Fsp3) is 0.0545. The molecule has 0 spiro atoms. The molecule has 4 aromatic heterocycles. The van der Waals surface area contributed by atoms with Gasteiger partial charge in [0.15, 0.2) is 23.1 Å². The number of hydrogen-bond donors (Lipinski definition) is 0. The van der Waals surface area contributed by atoms with E-state index in [0.717, 1.165) is 79.8 Å². The Labute approximate surface area is 379 Å². The summed E-state index contributed by atoms with van der Waals surface area (Å²) in [5, 5.41) is 0. The van der Waals surface area contributed by atoms with Crippen molar-refractivity contribution in [2.45, 2.75) is 20.6 Å². The molecule has 0 aliphatic carbocycles. The minimum atomic E-state index is 0.492. The summed E-state index contributed by atoms with van der Waals surface area (Å²) in [5.74, 6) is 4.67. The quantitative estimate of drug-likeness (QED) is 0.0794. The summed E-state index contributed by atoms with van der Waals surface area (Å²) in [6.07, 6.45) is 13.8. The first-order chi connectivity index (χ1) is 31.8. The Hall–Kier alpha value is -8.23. The summed E-state index contributed by atoms with van der Waals surface area (Å²) in [5.41, 5.74) is 14.3. The standard InChI is InChI=1S/C55H44B2N6O2/c1-7-9-25-44-36(4)63(43-27-29-48-47(34-43)59-54(64-48)35(3)18-17-30-56-5)50(57-6)45(44)32-37(8-2)40-23-16-24-42(31-40)55-58-46-28-26-41(33-49(46)65-55)53-61-51(38-19-12-10-13-20-38)60-52(62-53)39-21-14-11-15-22-39/h7-34,57H,1-3H2,4-6H3/b18-17-,25-9-,37-32+. The molecule has 312 valence electrons. The fourth-order valence-corrected chi connectivity index (χ4v) is 7.95. The second kappa shape index (κ2) is 18.6. The second-order valence-corrected chi connectivity index (χ2v) is 15.3. The third-order valence-electron chi connectivity index (χ3n) is 11.1. The molecule has 0 saturated carbocycles. The van der Waals surface area contributed by atoms with Crippen molar-refractivity contribution < 1.29 is 8.83 Å². The summed E-state index contributed by atoms with van der Waals surface area (Å²) in [7, 11) is 0.768. The zero-order chi connectivity index (χ0) is 44.9. The molecule has 65 heavy (non-hydrogen) atoms. The molecule has 4 heterocycles. The van der Waals surface area contributed by atoms with E-state index in [0.29, 0.717) is 46.0 Å². The molecule has 0 saturated heterocycles. The van der Waals surface area contributed by atoms with Crippen LogP contribution in [0.1, 0.15) is 28.3 Å². The molecule has 0 unspecified atom stereocenters. The van der Waals surface area contributed by atoms with E-state index in [2.05, 4.69) is 74.5 Å². The van der Waals surface area contributed by atoms with Crippen LogP contribution in [0.2, 0.25) is 13.6 Å². The van der Waals surface area contributed by atoms with Crippen molar-refractivity contribution in [3.8, 4) is 51.3 Å². The molecule has 0 radical (unpaired) electrons. The van der Waals surface area contributed by atoms with Crippen LogP contribution in [0.4, 0.5) is 0 Å². The molecule has 9 rings (SSSR count). The number of allylic oxidation sites excluding steroid dienone is 7. The topological polar surface area (TPSA) is 95.7 Å². The van der Waals surface area contributed by atoms with E-state index in [9.17, 15) is 0 Å². The summed E-state index contributed by atoms with van der Waals surface area (Å²) < 4.78 is 14.9. The van der Waals surface area contributed by atoms with E-state index >= 15 is 0 Å². The number of nitrogens with zero attached hydrogens (tertiary/aromatic N) is 6. The fourth-order valence-electron chi connectivity index (χ4n) is 7.95. The van der Waals surface area contributed by atoms with E-state index in [1.165, 1.54) is 0 Å². The van der Waals surface area contributed by atoms with E-state index in [1.54, 1.807) is 6.08 Å². The Bertz CT molecular complexity index is 3330. The molecule has 0 amide bonds. The van der Waals surface area contributed by atoms with E-state index in [-0.39, 0.29) is 0 Å². The molecule has 10 heteroatoms. The Morgan fingerprint density at radius 2 is 1.38 bits per heavy atom. The van der Waals surface area contributed by atoms with Gasteiger partial charge in [-0.1, -0.05) is 117 Å². The van der Waals surface area contributed by atoms with Gasteiger partial charge in [-0.3, -0.25) is 0 Å². The Balaban J connectivity index is 1.07. The number of fused-ring (bicyclic) bond motifs is 2. The molecular weight excluding hydrogens is 798 g/mol. The van der Waals surface area contributed by atoms with Crippen LogP contribution in [0.15, 0.2) is 180 Å². The molecule has 0 aliphatic heterocycles. The Kier molecular flexibility index (Phi) is 12.1. The number of oxazole rings is 2. The molecule has 0 N–H and O–H groups in total. The van der Waals surface area contributed by atoms with Gasteiger partial charge in [-0.25, -0.2) is 19.9 Å². The number of aromatic nitrogens is 6. The van der Waals surface area contributed by atoms with Crippen LogP contribution < -0.4 is 5.59 Å². The first-order valence-electron chi connectivity index (χ1n) is 21.5. The van der Waals surface area contributed by atoms with Gasteiger partial charge in [0.1, 0.15) is 5.52 Å². The predicted molar refractivity (Wildman–Crippen MR) is 273 cm³/mol.